The van der Waals surface area contributed by atoms with E-state index in [0.717, 1.165) is 16.4 Å². The van der Waals surface area contributed by atoms with E-state index in [1.165, 1.54) is 12.1 Å². The molecule has 1 atom stereocenters. The van der Waals surface area contributed by atoms with Gasteiger partial charge in [-0.15, -0.1) is 0 Å². The number of esters is 1. The summed E-state index contributed by atoms with van der Waals surface area (Å²) in [5.41, 5.74) is -0.901. The highest BCUT2D eigenvalue weighted by Gasteiger charge is 2.41. The molecule has 0 spiro atoms. The molecule has 0 aliphatic carbocycles. The van der Waals surface area contributed by atoms with Crippen molar-refractivity contribution in [1.82, 2.24) is 4.31 Å². The van der Waals surface area contributed by atoms with E-state index in [1.807, 2.05) is 0 Å². The summed E-state index contributed by atoms with van der Waals surface area (Å²) in [6.07, 6.45) is 0.942. The maximum Gasteiger partial charge on any atom is 0.324 e. The van der Waals surface area contributed by atoms with Crippen LogP contribution in [-0.2, 0) is 19.6 Å². The van der Waals surface area contributed by atoms with Crippen LogP contribution in [-0.4, -0.2) is 41.8 Å². The fourth-order valence-corrected chi connectivity index (χ4v) is 4.16. The minimum Gasteiger partial charge on any atom is -0.459 e. The molecule has 0 radical (unpaired) electrons. The molecule has 1 fully saturated rings. The molecule has 9 heteroatoms. The largest absolute Gasteiger partial charge is 0.459 e. The summed E-state index contributed by atoms with van der Waals surface area (Å²) in [7, 11) is -3.92. The molecule has 132 valence electrons. The number of hydrogen-bond donors (Lipinski definition) is 0. The van der Waals surface area contributed by atoms with Crippen molar-refractivity contribution < 1.29 is 22.9 Å². The summed E-state index contributed by atoms with van der Waals surface area (Å²) >= 11 is 0. The molecule has 1 aliphatic heterocycles. The highest BCUT2D eigenvalue weighted by Crippen LogP contribution is 2.28. The van der Waals surface area contributed by atoms with Crippen LogP contribution in [0, 0.1) is 10.1 Å². The molecule has 1 heterocycles. The van der Waals surface area contributed by atoms with E-state index in [-0.39, 0.29) is 17.1 Å². The lowest BCUT2D eigenvalue weighted by atomic mass is 10.2. The van der Waals surface area contributed by atoms with E-state index >= 15 is 0 Å². The number of hydrogen-bond acceptors (Lipinski definition) is 6. The Hall–Kier alpha value is -2.00. The van der Waals surface area contributed by atoms with E-state index in [9.17, 15) is 23.3 Å². The number of rotatable bonds is 4. The predicted molar refractivity (Wildman–Crippen MR) is 85.9 cm³/mol. The van der Waals surface area contributed by atoms with Gasteiger partial charge in [0.25, 0.3) is 5.69 Å². The van der Waals surface area contributed by atoms with E-state index in [4.69, 9.17) is 4.74 Å². The number of carbonyl (C=O) groups excluding carboxylic acids is 1. The van der Waals surface area contributed by atoms with E-state index in [2.05, 4.69) is 0 Å². The van der Waals surface area contributed by atoms with Crippen molar-refractivity contribution >= 4 is 21.7 Å². The van der Waals surface area contributed by atoms with Crippen molar-refractivity contribution in [3.63, 3.8) is 0 Å². The monoisotopic (exact) mass is 356 g/mol. The summed E-state index contributed by atoms with van der Waals surface area (Å²) < 4.78 is 31.9. The zero-order valence-corrected chi connectivity index (χ0v) is 14.6. The van der Waals surface area contributed by atoms with Crippen LogP contribution >= 0.6 is 0 Å². The molecule has 1 saturated heterocycles. The highest BCUT2D eigenvalue weighted by molar-refractivity contribution is 7.89. The Bertz CT molecular complexity index is 736. The Kier molecular flexibility index (Phi) is 4.95. The molecule has 0 aromatic heterocycles. The van der Waals surface area contributed by atoms with Gasteiger partial charge in [-0.25, -0.2) is 8.42 Å². The Morgan fingerprint density at radius 2 is 1.88 bits per heavy atom. The minimum atomic E-state index is -3.92. The molecule has 0 bridgehead atoms. The number of nitro benzene ring substituents is 1. The smallest absolute Gasteiger partial charge is 0.324 e. The summed E-state index contributed by atoms with van der Waals surface area (Å²) in [5, 5.41) is 10.7. The molecule has 8 nitrogen and oxygen atoms in total. The quantitative estimate of drug-likeness (QED) is 0.464. The van der Waals surface area contributed by atoms with Crippen LogP contribution < -0.4 is 0 Å². The van der Waals surface area contributed by atoms with Gasteiger partial charge in [0.2, 0.25) is 10.0 Å². The van der Waals surface area contributed by atoms with Crippen molar-refractivity contribution in [1.29, 1.82) is 0 Å². The first-order chi connectivity index (χ1) is 11.0. The second kappa shape index (κ2) is 6.48. The first-order valence-corrected chi connectivity index (χ1v) is 8.95. The fraction of sp³-hybridized carbons (Fsp3) is 0.533. The van der Waals surface area contributed by atoms with Crippen molar-refractivity contribution in [2.75, 3.05) is 6.54 Å². The molecule has 1 aliphatic rings. The van der Waals surface area contributed by atoms with Crippen LogP contribution in [0.15, 0.2) is 29.2 Å². The number of nitrogens with zero attached hydrogens (tertiary/aromatic N) is 2. The molecule has 0 N–H and O–H groups in total. The third kappa shape index (κ3) is 3.90. The lowest BCUT2D eigenvalue weighted by Crippen LogP contribution is -2.43. The van der Waals surface area contributed by atoms with Gasteiger partial charge in [-0.1, -0.05) is 0 Å². The molecule has 1 aromatic carbocycles. The lowest BCUT2D eigenvalue weighted by Gasteiger charge is -2.26. The van der Waals surface area contributed by atoms with Crippen LogP contribution in [0.2, 0.25) is 0 Å². The van der Waals surface area contributed by atoms with Gasteiger partial charge in [-0.3, -0.25) is 14.9 Å². The van der Waals surface area contributed by atoms with Crippen LogP contribution in [0.1, 0.15) is 33.6 Å². The van der Waals surface area contributed by atoms with Crippen molar-refractivity contribution in [3.8, 4) is 0 Å². The number of sulfonamides is 1. The van der Waals surface area contributed by atoms with Crippen molar-refractivity contribution in [3.05, 3.63) is 34.4 Å². The molecule has 24 heavy (non-hydrogen) atoms. The van der Waals surface area contributed by atoms with Gasteiger partial charge in [0.1, 0.15) is 11.6 Å². The normalized spacial score (nSPS) is 19.2. The number of benzene rings is 1. The fourth-order valence-electron chi connectivity index (χ4n) is 2.51. The van der Waals surface area contributed by atoms with Crippen LogP contribution in [0.4, 0.5) is 5.69 Å². The third-order valence-electron chi connectivity index (χ3n) is 3.54. The van der Waals surface area contributed by atoms with Crippen molar-refractivity contribution in [2.45, 2.75) is 50.2 Å². The second-order valence-corrected chi connectivity index (χ2v) is 8.45. The van der Waals surface area contributed by atoms with Crippen LogP contribution in [0.25, 0.3) is 0 Å². The predicted octanol–water partition coefficient (Wildman–Crippen LogP) is 2.09. The molecular formula is C15H20N2O6S. The maximum atomic E-state index is 12.7. The van der Waals surface area contributed by atoms with Gasteiger partial charge in [0, 0.05) is 18.7 Å². The zero-order chi connectivity index (χ0) is 18.1. The molecule has 2 rings (SSSR count). The summed E-state index contributed by atoms with van der Waals surface area (Å²) in [4.78, 5) is 22.3. The maximum absolute atomic E-state index is 12.7. The Balaban J connectivity index is 2.27. The van der Waals surface area contributed by atoms with E-state index in [0.29, 0.717) is 12.8 Å². The van der Waals surface area contributed by atoms with E-state index < -0.39 is 32.6 Å². The first kappa shape index (κ1) is 18.3. The van der Waals surface area contributed by atoms with Crippen molar-refractivity contribution in [2.24, 2.45) is 0 Å². The Morgan fingerprint density at radius 1 is 1.29 bits per heavy atom. The van der Waals surface area contributed by atoms with E-state index in [1.54, 1.807) is 20.8 Å². The highest BCUT2D eigenvalue weighted by atomic mass is 32.2. The molecule has 1 unspecified atom stereocenters. The van der Waals surface area contributed by atoms with Gasteiger partial charge in [0.05, 0.1) is 9.82 Å². The van der Waals surface area contributed by atoms with Crippen LogP contribution in [0.3, 0.4) is 0 Å². The average Bonchev–Trinajstić information content (AvgIpc) is 2.96. The van der Waals surface area contributed by atoms with Gasteiger partial charge < -0.3 is 4.74 Å². The number of nitro groups is 1. The number of non-ortho nitro benzene ring substituents is 1. The van der Waals surface area contributed by atoms with Gasteiger partial charge in [-0.05, 0) is 45.7 Å². The number of ether oxygens (including phenoxy) is 1. The van der Waals surface area contributed by atoms with Crippen LogP contribution in [0.5, 0.6) is 0 Å². The molecule has 0 amide bonds. The molecule has 1 aromatic rings. The zero-order valence-electron chi connectivity index (χ0n) is 13.8. The summed E-state index contributed by atoms with van der Waals surface area (Å²) in [6, 6.07) is 3.75. The average molecular weight is 356 g/mol. The Labute approximate surface area is 140 Å². The lowest BCUT2D eigenvalue weighted by molar-refractivity contribution is -0.384. The van der Waals surface area contributed by atoms with Gasteiger partial charge in [0.15, 0.2) is 0 Å². The molecule has 0 saturated carbocycles. The second-order valence-electron chi connectivity index (χ2n) is 6.56. The standard InChI is InChI=1S/C15H20N2O6S/c1-15(2,3)23-14(18)13-5-4-10-16(13)24(21,22)12-8-6-11(7-9-12)17(19)20/h6-9,13H,4-5,10H2,1-3H3. The molecular weight excluding hydrogens is 336 g/mol. The van der Waals surface area contributed by atoms with Gasteiger partial charge in [-0.2, -0.15) is 4.31 Å². The third-order valence-corrected chi connectivity index (χ3v) is 5.46. The summed E-state index contributed by atoms with van der Waals surface area (Å²) in [6.45, 7) is 5.36. The first-order valence-electron chi connectivity index (χ1n) is 7.51. The SMILES string of the molecule is CC(C)(C)OC(=O)C1CCCN1S(=O)(=O)c1ccc([N+](=O)[O-])cc1. The Morgan fingerprint density at radius 3 is 2.38 bits per heavy atom. The van der Waals surface area contributed by atoms with Gasteiger partial charge >= 0.3 is 5.97 Å². The topological polar surface area (TPSA) is 107 Å². The minimum absolute atomic E-state index is 0.0800. The number of carbonyl (C=O) groups is 1. The summed E-state index contributed by atoms with van der Waals surface area (Å²) in [5.74, 6) is -0.578.